The fourth-order valence-corrected chi connectivity index (χ4v) is 5.84. The van der Waals surface area contributed by atoms with Crippen molar-refractivity contribution in [3.63, 3.8) is 0 Å². The van der Waals surface area contributed by atoms with Crippen LogP contribution in [0.4, 0.5) is 10.8 Å². The molecule has 1 aliphatic rings. The summed E-state index contributed by atoms with van der Waals surface area (Å²) in [6, 6.07) is 16.6. The van der Waals surface area contributed by atoms with Crippen LogP contribution in [0.2, 0.25) is 0 Å². The molecule has 10 heteroatoms. The summed E-state index contributed by atoms with van der Waals surface area (Å²) >= 11 is 1.17. The Kier molecular flexibility index (Phi) is 6.85. The number of aromatic nitrogens is 2. The van der Waals surface area contributed by atoms with Gasteiger partial charge in [-0.05, 0) is 29.7 Å². The van der Waals surface area contributed by atoms with E-state index in [4.69, 9.17) is 0 Å². The number of anilines is 2. The highest BCUT2D eigenvalue weighted by molar-refractivity contribution is 7.91. The Bertz CT molecular complexity index is 1240. The number of benzene rings is 2. The van der Waals surface area contributed by atoms with Gasteiger partial charge in [-0.15, -0.1) is 10.2 Å². The fraction of sp³-hybridized carbons (Fsp3) is 0.304. The van der Waals surface area contributed by atoms with Crippen LogP contribution in [0.3, 0.4) is 0 Å². The molecule has 1 N–H and O–H groups in total. The first-order valence-corrected chi connectivity index (χ1v) is 13.2. The van der Waals surface area contributed by atoms with E-state index in [-0.39, 0.29) is 22.7 Å². The van der Waals surface area contributed by atoms with Gasteiger partial charge in [0.15, 0.2) is 9.84 Å². The summed E-state index contributed by atoms with van der Waals surface area (Å²) in [5, 5.41) is 11.5. The van der Waals surface area contributed by atoms with Crippen molar-refractivity contribution in [2.24, 2.45) is 0 Å². The van der Waals surface area contributed by atoms with E-state index in [0.29, 0.717) is 23.5 Å². The van der Waals surface area contributed by atoms with Gasteiger partial charge in [-0.1, -0.05) is 60.7 Å². The maximum Gasteiger partial charge on any atom is 0.241 e. The average molecular weight is 485 g/mol. The van der Waals surface area contributed by atoms with Crippen molar-refractivity contribution in [2.75, 3.05) is 22.5 Å². The van der Waals surface area contributed by atoms with Crippen LogP contribution >= 0.6 is 11.3 Å². The Labute approximate surface area is 196 Å². The fourth-order valence-electron chi connectivity index (χ4n) is 3.72. The Morgan fingerprint density at radius 2 is 1.82 bits per heavy atom. The van der Waals surface area contributed by atoms with E-state index in [1.54, 1.807) is 35.2 Å². The molecule has 0 bridgehead atoms. The average Bonchev–Trinajstić information content (AvgIpc) is 3.40. The largest absolute Gasteiger partial charge is 0.312 e. The molecule has 1 saturated heterocycles. The van der Waals surface area contributed by atoms with Gasteiger partial charge in [-0.3, -0.25) is 14.9 Å². The summed E-state index contributed by atoms with van der Waals surface area (Å²) in [5.41, 5.74) is 2.68. The molecule has 33 heavy (non-hydrogen) atoms. The molecule has 1 atom stereocenters. The Balaban J connectivity index is 1.35. The van der Waals surface area contributed by atoms with Crippen LogP contribution in [0, 0.1) is 0 Å². The van der Waals surface area contributed by atoms with E-state index in [9.17, 15) is 18.0 Å². The maximum absolute atomic E-state index is 12.6. The predicted molar refractivity (Wildman–Crippen MR) is 128 cm³/mol. The van der Waals surface area contributed by atoms with Crippen LogP contribution in [-0.2, 0) is 31.6 Å². The molecule has 1 unspecified atom stereocenters. The minimum atomic E-state index is -3.62. The van der Waals surface area contributed by atoms with Crippen LogP contribution < -0.4 is 10.2 Å². The molecular weight excluding hydrogens is 460 g/mol. The van der Waals surface area contributed by atoms with Crippen LogP contribution in [0.5, 0.6) is 0 Å². The molecule has 1 fully saturated rings. The summed E-state index contributed by atoms with van der Waals surface area (Å²) in [6.45, 7) is 2.56. The molecule has 2 amide bonds. The van der Waals surface area contributed by atoms with E-state index >= 15 is 0 Å². The molecule has 0 spiro atoms. The molecule has 0 radical (unpaired) electrons. The number of carbonyl (C=O) groups excluding carboxylic acids is 2. The lowest BCUT2D eigenvalue weighted by Gasteiger charge is -2.16. The summed E-state index contributed by atoms with van der Waals surface area (Å²) in [4.78, 5) is 26.6. The first kappa shape index (κ1) is 23.1. The van der Waals surface area contributed by atoms with Gasteiger partial charge in [0.05, 0.1) is 5.75 Å². The molecule has 172 valence electrons. The lowest BCUT2D eigenvalue weighted by Crippen LogP contribution is -2.24. The van der Waals surface area contributed by atoms with Gasteiger partial charge < -0.3 is 4.90 Å². The van der Waals surface area contributed by atoms with Gasteiger partial charge in [0.1, 0.15) is 10.8 Å². The van der Waals surface area contributed by atoms with Crippen molar-refractivity contribution in [1.82, 2.24) is 10.2 Å². The molecule has 2 aromatic carbocycles. The third-order valence-electron chi connectivity index (χ3n) is 5.40. The highest BCUT2D eigenvalue weighted by Crippen LogP contribution is 2.34. The highest BCUT2D eigenvalue weighted by atomic mass is 32.2. The number of nitrogens with zero attached hydrogens (tertiary/aromatic N) is 3. The number of amides is 2. The molecule has 4 rings (SSSR count). The number of rotatable bonds is 8. The number of carbonyl (C=O) groups is 2. The zero-order chi connectivity index (χ0) is 23.4. The minimum absolute atomic E-state index is 0.0111. The molecule has 0 aliphatic carbocycles. The number of aryl methyl sites for hydroxylation is 1. The molecule has 1 aromatic heterocycles. The SMILES string of the molecule is CCc1ccc(N2CC(c3nnc(NC(=O)CS(=O)(=O)Cc4ccccc4)s3)CC2=O)cc1. The number of hydrogen-bond acceptors (Lipinski definition) is 7. The molecule has 2 heterocycles. The van der Waals surface area contributed by atoms with Gasteiger partial charge in [0.2, 0.25) is 16.9 Å². The van der Waals surface area contributed by atoms with Gasteiger partial charge in [-0.25, -0.2) is 8.42 Å². The quantitative estimate of drug-likeness (QED) is 0.526. The predicted octanol–water partition coefficient (Wildman–Crippen LogP) is 3.17. The monoisotopic (exact) mass is 484 g/mol. The van der Waals surface area contributed by atoms with Crippen molar-refractivity contribution in [3.05, 3.63) is 70.7 Å². The lowest BCUT2D eigenvalue weighted by atomic mass is 10.1. The number of nitrogens with one attached hydrogen (secondary N) is 1. The first-order chi connectivity index (χ1) is 15.8. The first-order valence-electron chi connectivity index (χ1n) is 10.6. The standard InChI is InChI=1S/C23H24N4O4S2/c1-2-16-8-10-19(11-9-16)27-13-18(12-21(27)29)22-25-26-23(32-22)24-20(28)15-33(30,31)14-17-6-4-3-5-7-17/h3-11,18H,2,12-15H2,1H3,(H,24,26,28). The summed E-state index contributed by atoms with van der Waals surface area (Å²) in [6.07, 6.45) is 1.24. The zero-order valence-electron chi connectivity index (χ0n) is 18.1. The van der Waals surface area contributed by atoms with Crippen molar-refractivity contribution < 1.29 is 18.0 Å². The second-order valence-corrected chi connectivity index (χ2v) is 11.0. The van der Waals surface area contributed by atoms with E-state index in [1.165, 1.54) is 16.9 Å². The second kappa shape index (κ2) is 9.80. The summed E-state index contributed by atoms with van der Waals surface area (Å²) in [7, 11) is -3.62. The smallest absolute Gasteiger partial charge is 0.241 e. The van der Waals surface area contributed by atoms with E-state index in [0.717, 1.165) is 12.1 Å². The van der Waals surface area contributed by atoms with Crippen LogP contribution in [-0.4, -0.2) is 42.7 Å². The summed E-state index contributed by atoms with van der Waals surface area (Å²) < 4.78 is 24.7. The molecular formula is C23H24N4O4S2. The van der Waals surface area contributed by atoms with Gasteiger partial charge >= 0.3 is 0 Å². The molecule has 0 saturated carbocycles. The van der Waals surface area contributed by atoms with Crippen molar-refractivity contribution in [2.45, 2.75) is 31.4 Å². The van der Waals surface area contributed by atoms with Crippen molar-refractivity contribution >= 4 is 43.8 Å². The third kappa shape index (κ3) is 5.82. The number of sulfone groups is 1. The van der Waals surface area contributed by atoms with E-state index in [1.807, 2.05) is 24.3 Å². The second-order valence-electron chi connectivity index (χ2n) is 7.94. The minimum Gasteiger partial charge on any atom is -0.312 e. The van der Waals surface area contributed by atoms with Crippen LogP contribution in [0.15, 0.2) is 54.6 Å². The topological polar surface area (TPSA) is 109 Å². The zero-order valence-corrected chi connectivity index (χ0v) is 19.7. The lowest BCUT2D eigenvalue weighted by molar-refractivity contribution is -0.117. The number of hydrogen-bond donors (Lipinski definition) is 1. The normalized spacial score (nSPS) is 16.2. The van der Waals surface area contributed by atoms with Crippen LogP contribution in [0.1, 0.15) is 35.4 Å². The molecule has 8 nitrogen and oxygen atoms in total. The molecule has 3 aromatic rings. The Hall–Kier alpha value is -3.11. The van der Waals surface area contributed by atoms with E-state index < -0.39 is 21.5 Å². The van der Waals surface area contributed by atoms with E-state index in [2.05, 4.69) is 22.4 Å². The van der Waals surface area contributed by atoms with Crippen molar-refractivity contribution in [1.29, 1.82) is 0 Å². The Morgan fingerprint density at radius 3 is 2.52 bits per heavy atom. The van der Waals surface area contributed by atoms with Crippen molar-refractivity contribution in [3.8, 4) is 0 Å². The van der Waals surface area contributed by atoms with Crippen LogP contribution in [0.25, 0.3) is 0 Å². The maximum atomic E-state index is 12.6. The Morgan fingerprint density at radius 1 is 1.09 bits per heavy atom. The van der Waals surface area contributed by atoms with Gasteiger partial charge in [0, 0.05) is 24.6 Å². The highest BCUT2D eigenvalue weighted by Gasteiger charge is 2.34. The molecule has 1 aliphatic heterocycles. The summed E-state index contributed by atoms with van der Waals surface area (Å²) in [5.74, 6) is -1.62. The third-order valence-corrected chi connectivity index (χ3v) is 7.87. The van der Waals surface area contributed by atoms with Gasteiger partial charge in [0.25, 0.3) is 0 Å². The van der Waals surface area contributed by atoms with Gasteiger partial charge in [-0.2, -0.15) is 0 Å².